The number of rotatable bonds is 6. The lowest BCUT2D eigenvalue weighted by Gasteiger charge is -2.29. The standard InChI is InChI=1S/C26H23FN2O2S/c1-2-18-7-9-19(10-8-18)15-24-26(31)29(22-5-3-4-6-23(22)32-24)17-25(30)28-16-20-11-13-21(27)14-12-20/h3-15H,2,16-17H2,1H3,(H,28,30). The van der Waals surface area contributed by atoms with Gasteiger partial charge in [-0.3, -0.25) is 14.5 Å². The molecule has 0 aliphatic carbocycles. The molecule has 0 unspecified atom stereocenters. The SMILES string of the molecule is CCc1ccc(C=C2Sc3ccccc3N(CC(=O)NCc3ccc(F)cc3)C2=O)cc1. The van der Waals surface area contributed by atoms with Gasteiger partial charge in [0.05, 0.1) is 10.6 Å². The number of amides is 2. The van der Waals surface area contributed by atoms with Gasteiger partial charge in [-0.1, -0.05) is 67.2 Å². The predicted octanol–water partition coefficient (Wildman–Crippen LogP) is 5.18. The van der Waals surface area contributed by atoms with E-state index >= 15 is 0 Å². The molecule has 162 valence electrons. The number of fused-ring (bicyclic) bond motifs is 1. The first-order valence-electron chi connectivity index (χ1n) is 10.4. The minimum atomic E-state index is -0.322. The molecule has 6 heteroatoms. The van der Waals surface area contributed by atoms with E-state index in [1.165, 1.54) is 34.4 Å². The molecule has 0 spiro atoms. The maximum Gasteiger partial charge on any atom is 0.265 e. The minimum Gasteiger partial charge on any atom is -0.350 e. The van der Waals surface area contributed by atoms with E-state index in [9.17, 15) is 14.0 Å². The van der Waals surface area contributed by atoms with Gasteiger partial charge in [0.1, 0.15) is 12.4 Å². The van der Waals surface area contributed by atoms with Crippen LogP contribution in [-0.4, -0.2) is 18.4 Å². The Morgan fingerprint density at radius 3 is 2.41 bits per heavy atom. The van der Waals surface area contributed by atoms with Crippen molar-refractivity contribution >= 4 is 35.3 Å². The zero-order valence-electron chi connectivity index (χ0n) is 17.7. The summed E-state index contributed by atoms with van der Waals surface area (Å²) in [4.78, 5) is 28.9. The van der Waals surface area contributed by atoms with Gasteiger partial charge in [-0.25, -0.2) is 4.39 Å². The number of hydrogen-bond acceptors (Lipinski definition) is 3. The van der Waals surface area contributed by atoms with E-state index in [0.717, 1.165) is 28.1 Å². The Bertz CT molecular complexity index is 1160. The molecule has 1 N–H and O–H groups in total. The number of aryl methyl sites for hydroxylation is 1. The molecule has 0 bridgehead atoms. The summed E-state index contributed by atoms with van der Waals surface area (Å²) in [5.41, 5.74) is 3.69. The van der Waals surface area contributed by atoms with Crippen LogP contribution in [0, 0.1) is 5.82 Å². The summed E-state index contributed by atoms with van der Waals surface area (Å²) in [7, 11) is 0. The van der Waals surface area contributed by atoms with E-state index in [4.69, 9.17) is 0 Å². The number of carbonyl (C=O) groups excluding carboxylic acids is 2. The van der Waals surface area contributed by atoms with E-state index in [0.29, 0.717) is 4.91 Å². The lowest BCUT2D eigenvalue weighted by atomic mass is 10.1. The number of anilines is 1. The maximum absolute atomic E-state index is 13.3. The summed E-state index contributed by atoms with van der Waals surface area (Å²) in [5.74, 6) is -0.807. The van der Waals surface area contributed by atoms with Crippen molar-refractivity contribution in [2.75, 3.05) is 11.4 Å². The predicted molar refractivity (Wildman–Crippen MR) is 127 cm³/mol. The van der Waals surface area contributed by atoms with Crippen molar-refractivity contribution in [3.05, 3.63) is 100 Å². The Kier molecular flexibility index (Phi) is 6.71. The number of nitrogens with zero attached hydrogens (tertiary/aromatic N) is 1. The van der Waals surface area contributed by atoms with Crippen LogP contribution < -0.4 is 10.2 Å². The highest BCUT2D eigenvalue weighted by atomic mass is 32.2. The van der Waals surface area contributed by atoms with Crippen molar-refractivity contribution in [3.8, 4) is 0 Å². The van der Waals surface area contributed by atoms with Gasteiger partial charge in [-0.2, -0.15) is 0 Å². The highest BCUT2D eigenvalue weighted by molar-refractivity contribution is 8.04. The Morgan fingerprint density at radius 1 is 1.00 bits per heavy atom. The monoisotopic (exact) mass is 446 g/mol. The molecule has 0 fully saturated rings. The zero-order chi connectivity index (χ0) is 22.5. The fourth-order valence-electron chi connectivity index (χ4n) is 3.42. The molecule has 32 heavy (non-hydrogen) atoms. The van der Waals surface area contributed by atoms with E-state index in [2.05, 4.69) is 24.4 Å². The van der Waals surface area contributed by atoms with Gasteiger partial charge in [0.15, 0.2) is 0 Å². The number of carbonyl (C=O) groups is 2. The third-order valence-electron chi connectivity index (χ3n) is 5.22. The highest BCUT2D eigenvalue weighted by Gasteiger charge is 2.30. The van der Waals surface area contributed by atoms with Crippen molar-refractivity contribution in [1.82, 2.24) is 5.32 Å². The van der Waals surface area contributed by atoms with Gasteiger partial charge in [0, 0.05) is 11.4 Å². The molecule has 1 aliphatic rings. The molecule has 0 saturated carbocycles. The van der Waals surface area contributed by atoms with Crippen LogP contribution in [0.1, 0.15) is 23.6 Å². The van der Waals surface area contributed by atoms with E-state index in [-0.39, 0.29) is 30.7 Å². The smallest absolute Gasteiger partial charge is 0.265 e. The number of hydrogen-bond donors (Lipinski definition) is 1. The summed E-state index contributed by atoms with van der Waals surface area (Å²) in [5, 5.41) is 2.81. The van der Waals surface area contributed by atoms with Crippen molar-refractivity contribution in [2.24, 2.45) is 0 Å². The summed E-state index contributed by atoms with van der Waals surface area (Å²) in [6, 6.07) is 21.6. The molecule has 2 amide bonds. The average molecular weight is 447 g/mol. The quantitative estimate of drug-likeness (QED) is 0.531. The van der Waals surface area contributed by atoms with Gasteiger partial charge in [0.2, 0.25) is 5.91 Å². The fraction of sp³-hybridized carbons (Fsp3) is 0.154. The molecule has 4 nitrogen and oxygen atoms in total. The maximum atomic E-state index is 13.3. The van der Waals surface area contributed by atoms with Gasteiger partial charge >= 0.3 is 0 Å². The van der Waals surface area contributed by atoms with Gasteiger partial charge in [-0.05, 0) is 53.5 Å². The van der Waals surface area contributed by atoms with E-state index in [1.54, 1.807) is 12.1 Å². The van der Waals surface area contributed by atoms with E-state index < -0.39 is 0 Å². The number of benzene rings is 3. The van der Waals surface area contributed by atoms with Crippen LogP contribution in [0.25, 0.3) is 6.08 Å². The average Bonchev–Trinajstić information content (AvgIpc) is 2.82. The highest BCUT2D eigenvalue weighted by Crippen LogP contribution is 2.41. The summed E-state index contributed by atoms with van der Waals surface area (Å²) >= 11 is 1.41. The van der Waals surface area contributed by atoms with Crippen molar-refractivity contribution in [1.29, 1.82) is 0 Å². The Morgan fingerprint density at radius 2 is 1.69 bits per heavy atom. The van der Waals surface area contributed by atoms with Gasteiger partial charge in [-0.15, -0.1) is 0 Å². The lowest BCUT2D eigenvalue weighted by molar-refractivity contribution is -0.122. The molecule has 1 aliphatic heterocycles. The number of halogens is 1. The Labute approximate surface area is 191 Å². The first-order valence-corrected chi connectivity index (χ1v) is 11.3. The third kappa shape index (κ3) is 5.08. The van der Waals surface area contributed by atoms with Crippen LogP contribution in [0.5, 0.6) is 0 Å². The lowest BCUT2D eigenvalue weighted by Crippen LogP contribution is -2.42. The number of thioether (sulfide) groups is 1. The minimum absolute atomic E-state index is 0.0935. The second kappa shape index (κ2) is 9.83. The zero-order valence-corrected chi connectivity index (χ0v) is 18.5. The molecule has 0 atom stereocenters. The molecular weight excluding hydrogens is 423 g/mol. The second-order valence-electron chi connectivity index (χ2n) is 7.47. The van der Waals surface area contributed by atoms with Crippen molar-refractivity contribution in [2.45, 2.75) is 24.8 Å². The number of para-hydroxylation sites is 1. The second-order valence-corrected chi connectivity index (χ2v) is 8.55. The summed E-state index contributed by atoms with van der Waals surface area (Å²) in [6.07, 6.45) is 2.82. The van der Waals surface area contributed by atoms with Crippen LogP contribution in [0.2, 0.25) is 0 Å². The molecule has 0 saturated heterocycles. The third-order valence-corrected chi connectivity index (χ3v) is 6.30. The van der Waals surface area contributed by atoms with Crippen molar-refractivity contribution < 1.29 is 14.0 Å². The largest absolute Gasteiger partial charge is 0.350 e. The van der Waals surface area contributed by atoms with Crippen LogP contribution in [-0.2, 0) is 22.6 Å². The summed E-state index contributed by atoms with van der Waals surface area (Å²) in [6.45, 7) is 2.28. The van der Waals surface area contributed by atoms with Crippen LogP contribution in [0.3, 0.4) is 0 Å². The molecular formula is C26H23FN2O2S. The normalized spacial score (nSPS) is 14.4. The first-order chi connectivity index (χ1) is 15.5. The van der Waals surface area contributed by atoms with Crippen LogP contribution in [0.15, 0.2) is 82.6 Å². The molecule has 0 aromatic heterocycles. The van der Waals surface area contributed by atoms with Crippen LogP contribution in [0.4, 0.5) is 10.1 Å². The summed E-state index contributed by atoms with van der Waals surface area (Å²) < 4.78 is 13.1. The molecule has 3 aromatic carbocycles. The molecule has 4 rings (SSSR count). The van der Waals surface area contributed by atoms with Gasteiger partial charge in [0.25, 0.3) is 5.91 Å². The first kappa shape index (κ1) is 21.8. The Balaban J connectivity index is 1.53. The fourth-order valence-corrected chi connectivity index (χ4v) is 4.48. The molecule has 0 radical (unpaired) electrons. The van der Waals surface area contributed by atoms with Crippen molar-refractivity contribution in [3.63, 3.8) is 0 Å². The van der Waals surface area contributed by atoms with Crippen LogP contribution >= 0.6 is 11.8 Å². The number of nitrogens with one attached hydrogen (secondary N) is 1. The van der Waals surface area contributed by atoms with Gasteiger partial charge < -0.3 is 5.32 Å². The van der Waals surface area contributed by atoms with E-state index in [1.807, 2.05) is 42.5 Å². The molecule has 3 aromatic rings. The Hall–Kier alpha value is -3.38. The molecule has 1 heterocycles. The topological polar surface area (TPSA) is 49.4 Å².